The van der Waals surface area contributed by atoms with Gasteiger partial charge < -0.3 is 4.74 Å². The Hall–Kier alpha value is -0.720. The van der Waals surface area contributed by atoms with E-state index < -0.39 is 22.3 Å². The Labute approximate surface area is 141 Å². The smallest absolute Gasteiger partial charge is 0.137 e. The number of alkyl halides is 1. The second-order valence-corrected chi connectivity index (χ2v) is 6.36. The molecule has 2 rings (SSSR count). The fraction of sp³-hybridized carbons (Fsp3) is 0.143. The lowest BCUT2D eigenvalue weighted by molar-refractivity contribution is 0.407. The zero-order valence-electron chi connectivity index (χ0n) is 10.6. The molecule has 0 saturated carbocycles. The van der Waals surface area contributed by atoms with E-state index in [1.54, 1.807) is 6.07 Å². The number of halogens is 6. The highest BCUT2D eigenvalue weighted by atomic mass is 79.9. The van der Waals surface area contributed by atoms with Crippen LogP contribution >= 0.6 is 43.5 Å². The molecule has 0 fully saturated rings. The predicted molar refractivity (Wildman–Crippen MR) is 82.8 cm³/mol. The van der Waals surface area contributed by atoms with E-state index >= 15 is 0 Å². The Balaban J connectivity index is 2.63. The molecule has 1 unspecified atom stereocenters. The van der Waals surface area contributed by atoms with Crippen molar-refractivity contribution in [2.24, 2.45) is 0 Å². The average Bonchev–Trinajstić information content (AvgIpc) is 2.36. The van der Waals surface area contributed by atoms with Crippen LogP contribution in [-0.4, -0.2) is 7.11 Å². The summed E-state index contributed by atoms with van der Waals surface area (Å²) in [5, 5.41) is 0.366. The Morgan fingerprint density at radius 3 is 2.19 bits per heavy atom. The monoisotopic (exact) mass is 442 g/mol. The second kappa shape index (κ2) is 6.58. The molecule has 0 amide bonds. The molecule has 0 aliphatic carbocycles. The first-order valence-electron chi connectivity index (χ1n) is 5.66. The van der Waals surface area contributed by atoms with Crippen LogP contribution < -0.4 is 4.74 Å². The van der Waals surface area contributed by atoms with Crippen molar-refractivity contribution < 1.29 is 17.9 Å². The van der Waals surface area contributed by atoms with Gasteiger partial charge in [0.2, 0.25) is 0 Å². The van der Waals surface area contributed by atoms with E-state index in [1.165, 1.54) is 13.2 Å². The highest BCUT2D eigenvalue weighted by Crippen LogP contribution is 2.43. The number of methoxy groups -OCH3 is 1. The van der Waals surface area contributed by atoms with E-state index in [-0.39, 0.29) is 5.56 Å². The molecule has 0 aliphatic heterocycles. The third-order valence-corrected chi connectivity index (χ3v) is 4.57. The lowest BCUT2D eigenvalue weighted by atomic mass is 10.0. The molecule has 0 aliphatic rings. The molecule has 1 nitrogen and oxygen atoms in total. The zero-order valence-corrected chi connectivity index (χ0v) is 14.5. The van der Waals surface area contributed by atoms with Crippen molar-refractivity contribution in [3.63, 3.8) is 0 Å². The second-order valence-electron chi connectivity index (χ2n) is 4.16. The number of rotatable bonds is 3. The van der Waals surface area contributed by atoms with Crippen molar-refractivity contribution >= 4 is 43.5 Å². The summed E-state index contributed by atoms with van der Waals surface area (Å²) in [6.45, 7) is 0. The van der Waals surface area contributed by atoms with Crippen LogP contribution in [0.2, 0.25) is 5.02 Å². The SMILES string of the molecule is COc1c(Br)cc(Cl)cc1C(Br)c1c(F)cc(F)cc1F. The molecule has 0 bridgehead atoms. The molecule has 0 radical (unpaired) electrons. The van der Waals surface area contributed by atoms with Crippen LogP contribution in [0.5, 0.6) is 5.75 Å². The molecular weight excluding hydrogens is 436 g/mol. The third-order valence-electron chi connectivity index (χ3n) is 2.81. The van der Waals surface area contributed by atoms with Crippen molar-refractivity contribution in [1.29, 1.82) is 0 Å². The molecule has 112 valence electrons. The average molecular weight is 444 g/mol. The van der Waals surface area contributed by atoms with Crippen LogP contribution in [0.4, 0.5) is 13.2 Å². The van der Waals surface area contributed by atoms with Gasteiger partial charge in [0.05, 0.1) is 16.4 Å². The van der Waals surface area contributed by atoms with Crippen molar-refractivity contribution in [3.8, 4) is 5.75 Å². The highest BCUT2D eigenvalue weighted by molar-refractivity contribution is 9.10. The van der Waals surface area contributed by atoms with Crippen molar-refractivity contribution in [2.45, 2.75) is 4.83 Å². The summed E-state index contributed by atoms with van der Waals surface area (Å²) < 4.78 is 46.5. The van der Waals surface area contributed by atoms with E-state index in [9.17, 15) is 13.2 Å². The molecule has 21 heavy (non-hydrogen) atoms. The lowest BCUT2D eigenvalue weighted by Crippen LogP contribution is -2.04. The summed E-state index contributed by atoms with van der Waals surface area (Å²) in [5.41, 5.74) is 0.102. The first-order valence-corrected chi connectivity index (χ1v) is 7.75. The van der Waals surface area contributed by atoms with Gasteiger partial charge >= 0.3 is 0 Å². The summed E-state index contributed by atoms with van der Waals surface area (Å²) in [4.78, 5) is -0.886. The Morgan fingerprint density at radius 2 is 1.67 bits per heavy atom. The van der Waals surface area contributed by atoms with E-state index in [0.717, 1.165) is 0 Å². The first-order chi connectivity index (χ1) is 9.85. The number of hydrogen-bond acceptors (Lipinski definition) is 1. The van der Waals surface area contributed by atoms with Crippen LogP contribution in [0.15, 0.2) is 28.7 Å². The van der Waals surface area contributed by atoms with Gasteiger partial charge in [0.25, 0.3) is 0 Å². The number of benzene rings is 2. The topological polar surface area (TPSA) is 9.23 Å². The summed E-state index contributed by atoms with van der Waals surface area (Å²) in [5.74, 6) is -2.59. The van der Waals surface area contributed by atoms with Crippen LogP contribution in [0, 0.1) is 17.5 Å². The fourth-order valence-electron chi connectivity index (χ4n) is 1.93. The molecule has 7 heteroatoms. The van der Waals surface area contributed by atoms with E-state index in [1.807, 2.05) is 0 Å². The van der Waals surface area contributed by atoms with Crippen LogP contribution in [0.25, 0.3) is 0 Å². The quantitative estimate of drug-likeness (QED) is 0.527. The Kier molecular flexibility index (Phi) is 5.22. The van der Waals surface area contributed by atoms with Crippen LogP contribution in [0.3, 0.4) is 0 Å². The lowest BCUT2D eigenvalue weighted by Gasteiger charge is -2.17. The normalized spacial score (nSPS) is 12.3. The van der Waals surface area contributed by atoms with Crippen LogP contribution in [0.1, 0.15) is 16.0 Å². The maximum atomic E-state index is 13.9. The van der Waals surface area contributed by atoms with Gasteiger partial charge in [-0.3, -0.25) is 0 Å². The summed E-state index contributed by atoms with van der Waals surface area (Å²) >= 11 is 12.4. The van der Waals surface area contributed by atoms with Gasteiger partial charge in [-0.15, -0.1) is 0 Å². The molecule has 2 aromatic carbocycles. The molecule has 0 heterocycles. The highest BCUT2D eigenvalue weighted by Gasteiger charge is 2.25. The maximum Gasteiger partial charge on any atom is 0.137 e. The molecule has 2 aromatic rings. The van der Waals surface area contributed by atoms with Gasteiger partial charge in [0.15, 0.2) is 0 Å². The number of hydrogen-bond donors (Lipinski definition) is 0. The van der Waals surface area contributed by atoms with Gasteiger partial charge in [-0.25, -0.2) is 13.2 Å². The van der Waals surface area contributed by atoms with Gasteiger partial charge in [0, 0.05) is 28.3 Å². The summed E-state index contributed by atoms with van der Waals surface area (Å²) in [7, 11) is 1.43. The third kappa shape index (κ3) is 3.38. The van der Waals surface area contributed by atoms with E-state index in [0.29, 0.717) is 32.9 Å². The van der Waals surface area contributed by atoms with Crippen molar-refractivity contribution in [3.05, 3.63) is 62.3 Å². The minimum Gasteiger partial charge on any atom is -0.495 e. The van der Waals surface area contributed by atoms with Gasteiger partial charge in [-0.1, -0.05) is 27.5 Å². The fourth-order valence-corrected chi connectivity index (χ4v) is 3.71. The minimum absolute atomic E-state index is 0.316. The predicted octanol–water partition coefficient (Wildman–Crippen LogP) is 6.01. The van der Waals surface area contributed by atoms with Crippen molar-refractivity contribution in [1.82, 2.24) is 0 Å². The largest absolute Gasteiger partial charge is 0.495 e. The standard InChI is InChI=1S/C14H8Br2ClF3O/c1-21-14-8(2-6(17)3-9(14)15)13(16)12-10(19)4-7(18)5-11(12)20/h2-5,13H,1H3. The molecular formula is C14H8Br2ClF3O. The Bertz CT molecular complexity index is 671. The van der Waals surface area contributed by atoms with E-state index in [2.05, 4.69) is 31.9 Å². The summed E-state index contributed by atoms with van der Waals surface area (Å²) in [6.07, 6.45) is 0. The molecule has 0 saturated heterocycles. The van der Waals surface area contributed by atoms with Gasteiger partial charge in [0.1, 0.15) is 23.2 Å². The molecule has 0 spiro atoms. The van der Waals surface area contributed by atoms with E-state index in [4.69, 9.17) is 16.3 Å². The summed E-state index contributed by atoms with van der Waals surface area (Å²) in [6, 6.07) is 4.37. The minimum atomic E-state index is -0.993. The van der Waals surface area contributed by atoms with Gasteiger partial charge in [-0.05, 0) is 28.1 Å². The molecule has 0 aromatic heterocycles. The van der Waals surface area contributed by atoms with Crippen molar-refractivity contribution in [2.75, 3.05) is 7.11 Å². The molecule has 1 atom stereocenters. The molecule has 0 N–H and O–H groups in total. The van der Waals surface area contributed by atoms with Crippen LogP contribution in [-0.2, 0) is 0 Å². The number of ether oxygens (including phenoxy) is 1. The van der Waals surface area contributed by atoms with Gasteiger partial charge in [-0.2, -0.15) is 0 Å². The Morgan fingerprint density at radius 1 is 1.10 bits per heavy atom. The zero-order chi connectivity index (χ0) is 15.7. The first kappa shape index (κ1) is 16.6. The maximum absolute atomic E-state index is 13.9.